The molecule has 1 aromatic rings. The lowest BCUT2D eigenvalue weighted by molar-refractivity contribution is -0.118. The average molecular weight is 243 g/mol. The van der Waals surface area contributed by atoms with Crippen LogP contribution < -0.4 is 10.2 Å². The van der Waals surface area contributed by atoms with Gasteiger partial charge in [0.05, 0.1) is 17.3 Å². The van der Waals surface area contributed by atoms with Crippen LogP contribution in [0, 0.1) is 11.3 Å². The number of carbonyl (C=O) groups excluding carboxylic acids is 2. The van der Waals surface area contributed by atoms with Gasteiger partial charge in [0.25, 0.3) is 5.91 Å². The Kier molecular flexibility index (Phi) is 3.28. The lowest BCUT2D eigenvalue weighted by Gasteiger charge is -2.12. The Balaban J connectivity index is 2.25. The number of hydrogen-bond donors (Lipinski definition) is 1. The van der Waals surface area contributed by atoms with Gasteiger partial charge < -0.3 is 5.32 Å². The van der Waals surface area contributed by atoms with Crippen molar-refractivity contribution in [2.75, 3.05) is 4.90 Å². The highest BCUT2D eigenvalue weighted by Crippen LogP contribution is 2.21. The average Bonchev–Trinajstić information content (AvgIpc) is 2.65. The number of benzene rings is 1. The highest BCUT2D eigenvalue weighted by Gasteiger charge is 2.38. The van der Waals surface area contributed by atoms with E-state index in [1.54, 1.807) is 24.3 Å². The number of imide groups is 1. The maximum absolute atomic E-state index is 12.0. The zero-order valence-corrected chi connectivity index (χ0v) is 10.0. The molecule has 1 aromatic carbocycles. The van der Waals surface area contributed by atoms with Crippen molar-refractivity contribution in [1.82, 2.24) is 5.32 Å². The number of hydrogen-bond acceptors (Lipinski definition) is 3. The molecule has 1 heterocycles. The number of amides is 3. The summed E-state index contributed by atoms with van der Waals surface area (Å²) in [4.78, 5) is 24.9. The minimum atomic E-state index is -0.432. The van der Waals surface area contributed by atoms with Crippen molar-refractivity contribution in [3.8, 4) is 6.07 Å². The fourth-order valence-corrected chi connectivity index (χ4v) is 1.95. The molecule has 1 saturated heterocycles. The molecule has 0 radical (unpaired) electrons. The predicted octanol–water partition coefficient (Wildman–Crippen LogP) is 1.78. The van der Waals surface area contributed by atoms with Crippen LogP contribution in [-0.2, 0) is 4.79 Å². The third kappa shape index (κ3) is 2.05. The van der Waals surface area contributed by atoms with Crippen molar-refractivity contribution in [2.24, 2.45) is 0 Å². The van der Waals surface area contributed by atoms with Crippen molar-refractivity contribution in [2.45, 2.75) is 25.8 Å². The van der Waals surface area contributed by atoms with Gasteiger partial charge in [-0.15, -0.1) is 0 Å². The highest BCUT2D eigenvalue weighted by atomic mass is 16.2. The molecule has 1 fully saturated rings. The first-order valence-electron chi connectivity index (χ1n) is 5.82. The summed E-state index contributed by atoms with van der Waals surface area (Å²) in [5.41, 5.74) is 0.992. The van der Waals surface area contributed by atoms with E-state index in [0.29, 0.717) is 17.7 Å². The maximum Gasteiger partial charge on any atom is 0.329 e. The quantitative estimate of drug-likeness (QED) is 0.822. The van der Waals surface area contributed by atoms with Crippen LogP contribution in [0.5, 0.6) is 0 Å². The van der Waals surface area contributed by atoms with E-state index in [1.807, 2.05) is 13.0 Å². The summed E-state index contributed by atoms with van der Waals surface area (Å²) in [5.74, 6) is -0.230. The van der Waals surface area contributed by atoms with Crippen LogP contribution in [0.3, 0.4) is 0 Å². The van der Waals surface area contributed by atoms with E-state index in [4.69, 9.17) is 5.26 Å². The molecule has 1 aliphatic heterocycles. The normalized spacial score (nSPS) is 18.7. The molecule has 92 valence electrons. The fourth-order valence-electron chi connectivity index (χ4n) is 1.95. The van der Waals surface area contributed by atoms with Gasteiger partial charge in [-0.2, -0.15) is 5.26 Å². The summed E-state index contributed by atoms with van der Waals surface area (Å²) in [6.45, 7) is 1.96. The molecule has 1 atom stereocenters. The number of urea groups is 1. The van der Waals surface area contributed by atoms with Gasteiger partial charge in [0.1, 0.15) is 6.04 Å². The van der Waals surface area contributed by atoms with E-state index in [0.717, 1.165) is 11.3 Å². The summed E-state index contributed by atoms with van der Waals surface area (Å²) < 4.78 is 0. The van der Waals surface area contributed by atoms with Crippen LogP contribution in [0.1, 0.15) is 25.3 Å². The van der Waals surface area contributed by atoms with Gasteiger partial charge in [0.15, 0.2) is 0 Å². The fraction of sp³-hybridized carbons (Fsp3) is 0.308. The van der Waals surface area contributed by atoms with Crippen molar-refractivity contribution in [3.63, 3.8) is 0 Å². The van der Waals surface area contributed by atoms with Crippen LogP contribution in [0.4, 0.5) is 10.5 Å². The molecule has 5 nitrogen and oxygen atoms in total. The number of carbonyl (C=O) groups is 2. The van der Waals surface area contributed by atoms with E-state index in [-0.39, 0.29) is 5.91 Å². The van der Waals surface area contributed by atoms with E-state index < -0.39 is 12.1 Å². The molecule has 0 bridgehead atoms. The van der Waals surface area contributed by atoms with E-state index >= 15 is 0 Å². The first kappa shape index (κ1) is 12.1. The van der Waals surface area contributed by atoms with Gasteiger partial charge in [0, 0.05) is 0 Å². The van der Waals surface area contributed by atoms with Gasteiger partial charge in [-0.05, 0) is 30.7 Å². The number of nitriles is 1. The Labute approximate surface area is 105 Å². The van der Waals surface area contributed by atoms with Crippen molar-refractivity contribution < 1.29 is 9.59 Å². The van der Waals surface area contributed by atoms with Crippen LogP contribution in [-0.4, -0.2) is 18.0 Å². The summed E-state index contributed by atoms with van der Waals surface area (Å²) in [6.07, 6.45) is 1.47. The van der Waals surface area contributed by atoms with Crippen molar-refractivity contribution in [3.05, 3.63) is 29.8 Å². The van der Waals surface area contributed by atoms with Gasteiger partial charge in [-0.3, -0.25) is 4.79 Å². The Bertz CT molecular complexity index is 516. The summed E-state index contributed by atoms with van der Waals surface area (Å²) in [6, 6.07) is 7.54. The first-order valence-corrected chi connectivity index (χ1v) is 5.82. The summed E-state index contributed by atoms with van der Waals surface area (Å²) in [5, 5.41) is 11.4. The Morgan fingerprint density at radius 1 is 1.33 bits per heavy atom. The minimum absolute atomic E-state index is 0.230. The molecular formula is C13H13N3O2. The number of nitrogens with zero attached hydrogens (tertiary/aromatic N) is 2. The van der Waals surface area contributed by atoms with Gasteiger partial charge >= 0.3 is 6.03 Å². The van der Waals surface area contributed by atoms with Crippen LogP contribution >= 0.6 is 0 Å². The van der Waals surface area contributed by atoms with Crippen LogP contribution in [0.25, 0.3) is 0 Å². The number of nitrogens with one attached hydrogen (secondary N) is 1. The molecule has 1 aliphatic rings. The SMILES string of the molecule is CCCC1NC(=O)N(c2ccc(C#N)cc2)C1=O. The Morgan fingerprint density at radius 2 is 2.00 bits per heavy atom. The third-order valence-electron chi connectivity index (χ3n) is 2.85. The first-order chi connectivity index (χ1) is 8.67. The Hall–Kier alpha value is -2.35. The predicted molar refractivity (Wildman–Crippen MR) is 65.9 cm³/mol. The minimum Gasteiger partial charge on any atom is -0.325 e. The summed E-state index contributed by atoms with van der Waals surface area (Å²) >= 11 is 0. The zero-order chi connectivity index (χ0) is 13.1. The smallest absolute Gasteiger partial charge is 0.325 e. The van der Waals surface area contributed by atoms with E-state index in [1.165, 1.54) is 0 Å². The molecule has 0 aromatic heterocycles. The molecule has 3 amide bonds. The molecule has 1 unspecified atom stereocenters. The lowest BCUT2D eigenvalue weighted by Crippen LogP contribution is -2.31. The Morgan fingerprint density at radius 3 is 2.56 bits per heavy atom. The van der Waals surface area contributed by atoms with Crippen LogP contribution in [0.15, 0.2) is 24.3 Å². The lowest BCUT2D eigenvalue weighted by atomic mass is 10.1. The molecule has 5 heteroatoms. The molecule has 18 heavy (non-hydrogen) atoms. The molecule has 0 aliphatic carbocycles. The largest absolute Gasteiger partial charge is 0.329 e. The van der Waals surface area contributed by atoms with E-state index in [9.17, 15) is 9.59 Å². The second kappa shape index (κ2) is 4.88. The zero-order valence-electron chi connectivity index (χ0n) is 10.0. The van der Waals surface area contributed by atoms with Gasteiger partial charge in [-0.1, -0.05) is 13.3 Å². The summed E-state index contributed by atoms with van der Waals surface area (Å²) in [7, 11) is 0. The molecule has 0 saturated carbocycles. The topological polar surface area (TPSA) is 73.2 Å². The number of anilines is 1. The van der Waals surface area contributed by atoms with Crippen molar-refractivity contribution in [1.29, 1.82) is 5.26 Å². The molecule has 0 spiro atoms. The van der Waals surface area contributed by atoms with E-state index in [2.05, 4.69) is 5.32 Å². The van der Waals surface area contributed by atoms with Gasteiger partial charge in [0.2, 0.25) is 0 Å². The second-order valence-electron chi connectivity index (χ2n) is 4.12. The highest BCUT2D eigenvalue weighted by molar-refractivity contribution is 6.21. The standard InChI is InChI=1S/C13H13N3O2/c1-2-3-11-12(17)16(13(18)15-11)10-6-4-9(8-14)5-7-10/h4-7,11H,2-3H2,1H3,(H,15,18). The second-order valence-corrected chi connectivity index (χ2v) is 4.12. The van der Waals surface area contributed by atoms with Crippen molar-refractivity contribution >= 4 is 17.6 Å². The molecule has 2 rings (SSSR count). The van der Waals surface area contributed by atoms with Gasteiger partial charge in [-0.25, -0.2) is 9.69 Å². The molecular weight excluding hydrogens is 230 g/mol. The third-order valence-corrected chi connectivity index (χ3v) is 2.85. The maximum atomic E-state index is 12.0. The number of rotatable bonds is 3. The monoisotopic (exact) mass is 243 g/mol. The molecule has 1 N–H and O–H groups in total. The van der Waals surface area contributed by atoms with Crippen LogP contribution in [0.2, 0.25) is 0 Å².